The summed E-state index contributed by atoms with van der Waals surface area (Å²) in [7, 11) is 1.75. The number of nitrogens with zero attached hydrogens (tertiary/aromatic N) is 1. The Morgan fingerprint density at radius 3 is 2.87 bits per heavy atom. The first-order valence-electron chi connectivity index (χ1n) is 5.18. The van der Waals surface area contributed by atoms with Crippen LogP contribution in [0.1, 0.15) is 28.9 Å². The third-order valence-electron chi connectivity index (χ3n) is 2.65. The van der Waals surface area contributed by atoms with Crippen molar-refractivity contribution in [2.24, 2.45) is 11.7 Å². The summed E-state index contributed by atoms with van der Waals surface area (Å²) in [5, 5.41) is 2.90. The van der Waals surface area contributed by atoms with Crippen LogP contribution in [-0.4, -0.2) is 17.9 Å². The fourth-order valence-electron chi connectivity index (χ4n) is 1.62. The maximum absolute atomic E-state index is 11.1. The van der Waals surface area contributed by atoms with E-state index in [1.165, 1.54) is 12.8 Å². The molecule has 2 rings (SSSR count). The summed E-state index contributed by atoms with van der Waals surface area (Å²) < 4.78 is 0. The van der Waals surface area contributed by atoms with Gasteiger partial charge in [0.2, 0.25) is 0 Å². The van der Waals surface area contributed by atoms with E-state index in [-0.39, 0.29) is 0 Å². The van der Waals surface area contributed by atoms with Crippen molar-refractivity contribution in [1.29, 1.82) is 0 Å². The van der Waals surface area contributed by atoms with Crippen molar-refractivity contribution in [2.45, 2.75) is 19.3 Å². The lowest BCUT2D eigenvalue weighted by atomic mass is 10.1. The molecule has 1 heterocycles. The van der Waals surface area contributed by atoms with E-state index >= 15 is 0 Å². The molecule has 1 saturated carbocycles. The zero-order chi connectivity index (χ0) is 10.8. The molecular weight excluding hydrogens is 190 g/mol. The van der Waals surface area contributed by atoms with Crippen molar-refractivity contribution in [2.75, 3.05) is 12.4 Å². The molecule has 1 aromatic heterocycles. The molecule has 0 saturated heterocycles. The largest absolute Gasteiger partial charge is 0.372 e. The molecule has 0 atom stereocenters. The van der Waals surface area contributed by atoms with Crippen LogP contribution in [0.15, 0.2) is 12.1 Å². The zero-order valence-corrected chi connectivity index (χ0v) is 8.79. The topological polar surface area (TPSA) is 68.0 Å². The average molecular weight is 205 g/mol. The minimum atomic E-state index is -0.440. The van der Waals surface area contributed by atoms with Gasteiger partial charge in [0.1, 0.15) is 5.82 Å². The number of carbonyl (C=O) groups excluding carboxylic acids is 1. The molecule has 0 unspecified atom stereocenters. The highest BCUT2D eigenvalue weighted by atomic mass is 16.1. The number of primary amides is 1. The van der Waals surface area contributed by atoms with Crippen LogP contribution in [0.4, 0.5) is 5.82 Å². The number of pyridine rings is 1. The molecule has 3 N–H and O–H groups in total. The number of rotatable bonds is 4. The van der Waals surface area contributed by atoms with Gasteiger partial charge in [-0.3, -0.25) is 4.79 Å². The molecule has 4 heteroatoms. The van der Waals surface area contributed by atoms with Crippen LogP contribution in [0, 0.1) is 5.92 Å². The Morgan fingerprint density at radius 1 is 1.60 bits per heavy atom. The highest BCUT2D eigenvalue weighted by Crippen LogP contribution is 2.32. The van der Waals surface area contributed by atoms with E-state index in [0.717, 1.165) is 18.0 Å². The molecule has 1 fully saturated rings. The minimum absolute atomic E-state index is 0.440. The summed E-state index contributed by atoms with van der Waals surface area (Å²) in [6.45, 7) is 0. The molecule has 80 valence electrons. The van der Waals surface area contributed by atoms with Crippen molar-refractivity contribution < 1.29 is 4.79 Å². The Kier molecular flexibility index (Phi) is 2.58. The summed E-state index contributed by atoms with van der Waals surface area (Å²) in [5.41, 5.74) is 6.72. The second kappa shape index (κ2) is 3.88. The lowest BCUT2D eigenvalue weighted by Crippen LogP contribution is -2.15. The van der Waals surface area contributed by atoms with Crippen LogP contribution in [0.25, 0.3) is 0 Å². The van der Waals surface area contributed by atoms with Crippen molar-refractivity contribution in [1.82, 2.24) is 4.98 Å². The van der Waals surface area contributed by atoms with Crippen molar-refractivity contribution >= 4 is 11.7 Å². The number of nitrogens with two attached hydrogens (primary N) is 1. The molecule has 1 amide bonds. The number of hydrogen-bond acceptors (Lipinski definition) is 3. The first kappa shape index (κ1) is 9.96. The van der Waals surface area contributed by atoms with E-state index in [0.29, 0.717) is 11.4 Å². The maximum Gasteiger partial charge on any atom is 0.252 e. The minimum Gasteiger partial charge on any atom is -0.372 e. The Labute approximate surface area is 88.9 Å². The van der Waals surface area contributed by atoms with Crippen molar-refractivity contribution in [3.63, 3.8) is 0 Å². The second-order valence-electron chi connectivity index (χ2n) is 3.96. The van der Waals surface area contributed by atoms with Gasteiger partial charge in [-0.2, -0.15) is 0 Å². The van der Waals surface area contributed by atoms with Gasteiger partial charge in [0.25, 0.3) is 5.91 Å². The lowest BCUT2D eigenvalue weighted by molar-refractivity contribution is 0.100. The Morgan fingerprint density at radius 2 is 2.33 bits per heavy atom. The first-order chi connectivity index (χ1) is 7.20. The van der Waals surface area contributed by atoms with Gasteiger partial charge in [0.15, 0.2) is 0 Å². The molecule has 1 aliphatic rings. The molecule has 0 aromatic carbocycles. The number of carbonyl (C=O) groups is 1. The van der Waals surface area contributed by atoms with E-state index in [2.05, 4.69) is 10.3 Å². The predicted molar refractivity (Wildman–Crippen MR) is 58.7 cm³/mol. The quantitative estimate of drug-likeness (QED) is 0.775. The third-order valence-corrected chi connectivity index (χ3v) is 2.65. The van der Waals surface area contributed by atoms with E-state index < -0.39 is 5.91 Å². The van der Waals surface area contributed by atoms with Crippen LogP contribution >= 0.6 is 0 Å². The summed E-state index contributed by atoms with van der Waals surface area (Å²) in [4.78, 5) is 15.4. The third kappa shape index (κ3) is 2.26. The summed E-state index contributed by atoms with van der Waals surface area (Å²) in [6, 6.07) is 3.64. The van der Waals surface area contributed by atoms with Gasteiger partial charge in [0.05, 0.1) is 5.56 Å². The number of amides is 1. The van der Waals surface area contributed by atoms with Gasteiger partial charge in [-0.25, -0.2) is 4.98 Å². The van der Waals surface area contributed by atoms with Gasteiger partial charge in [-0.05, 0) is 37.3 Å². The van der Waals surface area contributed by atoms with Gasteiger partial charge in [-0.15, -0.1) is 0 Å². The fraction of sp³-hybridized carbons (Fsp3) is 0.455. The highest BCUT2D eigenvalue weighted by Gasteiger charge is 2.22. The van der Waals surface area contributed by atoms with Crippen LogP contribution < -0.4 is 11.1 Å². The molecule has 1 aromatic rings. The summed E-state index contributed by atoms with van der Waals surface area (Å²) >= 11 is 0. The highest BCUT2D eigenvalue weighted by molar-refractivity contribution is 5.97. The van der Waals surface area contributed by atoms with E-state index in [4.69, 9.17) is 5.73 Å². The summed E-state index contributed by atoms with van der Waals surface area (Å²) in [5.74, 6) is 0.937. The van der Waals surface area contributed by atoms with Gasteiger partial charge in [0, 0.05) is 12.7 Å². The van der Waals surface area contributed by atoms with Gasteiger partial charge >= 0.3 is 0 Å². The lowest BCUT2D eigenvalue weighted by Gasteiger charge is -2.07. The van der Waals surface area contributed by atoms with E-state index in [9.17, 15) is 4.79 Å². The normalized spacial score (nSPS) is 15.0. The first-order valence-corrected chi connectivity index (χ1v) is 5.18. The van der Waals surface area contributed by atoms with Crippen LogP contribution in [0.5, 0.6) is 0 Å². The number of anilines is 1. The van der Waals surface area contributed by atoms with Crippen molar-refractivity contribution in [3.05, 3.63) is 23.4 Å². The average Bonchev–Trinajstić information content (AvgIpc) is 3.01. The molecule has 1 aliphatic carbocycles. The van der Waals surface area contributed by atoms with Crippen LogP contribution in [-0.2, 0) is 6.42 Å². The van der Waals surface area contributed by atoms with Crippen LogP contribution in [0.3, 0.4) is 0 Å². The molecule has 4 nitrogen and oxygen atoms in total. The van der Waals surface area contributed by atoms with Crippen molar-refractivity contribution in [3.8, 4) is 0 Å². The number of aromatic nitrogens is 1. The SMILES string of the molecule is CNc1nc(CC2CC2)ccc1C(N)=O. The molecule has 0 spiro atoms. The molecule has 0 aliphatic heterocycles. The van der Waals surface area contributed by atoms with Gasteiger partial charge < -0.3 is 11.1 Å². The smallest absolute Gasteiger partial charge is 0.252 e. The van der Waals surface area contributed by atoms with Crippen LogP contribution in [0.2, 0.25) is 0 Å². The maximum atomic E-state index is 11.1. The Hall–Kier alpha value is -1.58. The monoisotopic (exact) mass is 205 g/mol. The zero-order valence-electron chi connectivity index (χ0n) is 8.79. The number of nitrogens with one attached hydrogen (secondary N) is 1. The molecular formula is C11H15N3O. The van der Waals surface area contributed by atoms with E-state index in [1.54, 1.807) is 13.1 Å². The van der Waals surface area contributed by atoms with Gasteiger partial charge in [-0.1, -0.05) is 0 Å². The Bertz CT molecular complexity index is 385. The molecule has 0 radical (unpaired) electrons. The predicted octanol–water partition coefficient (Wildman–Crippen LogP) is 1.17. The molecule has 0 bridgehead atoms. The van der Waals surface area contributed by atoms with E-state index in [1.807, 2.05) is 6.07 Å². The number of hydrogen-bond donors (Lipinski definition) is 2. The Balaban J connectivity index is 2.24. The second-order valence-corrected chi connectivity index (χ2v) is 3.96. The summed E-state index contributed by atoms with van der Waals surface area (Å²) in [6.07, 6.45) is 3.61. The standard InChI is InChI=1S/C11H15N3O/c1-13-11-9(10(12)15)5-4-8(14-11)6-7-2-3-7/h4-5,7H,2-3,6H2,1H3,(H2,12,15)(H,13,14). The molecule has 15 heavy (non-hydrogen) atoms. The fourth-order valence-corrected chi connectivity index (χ4v) is 1.62.